The summed E-state index contributed by atoms with van der Waals surface area (Å²) in [5, 5.41) is 0. The van der Waals surface area contributed by atoms with Crippen LogP contribution in [0.4, 0.5) is 4.39 Å². The molecule has 1 fully saturated rings. The van der Waals surface area contributed by atoms with E-state index in [0.29, 0.717) is 11.4 Å². The number of halogens is 1. The van der Waals surface area contributed by atoms with Gasteiger partial charge in [-0.05, 0) is 67.6 Å². The lowest BCUT2D eigenvalue weighted by Gasteiger charge is -2.24. The highest BCUT2D eigenvalue weighted by Crippen LogP contribution is 2.36. The average Bonchev–Trinajstić information content (AvgIpc) is 3.01. The molecule has 1 atom stereocenters. The summed E-state index contributed by atoms with van der Waals surface area (Å²) in [5.74, 6) is -0.310. The number of sulfonamides is 1. The highest BCUT2D eigenvalue weighted by molar-refractivity contribution is 7.89. The van der Waals surface area contributed by atoms with E-state index in [1.807, 2.05) is 19.9 Å². The van der Waals surface area contributed by atoms with E-state index in [0.717, 1.165) is 29.5 Å². The fourth-order valence-corrected chi connectivity index (χ4v) is 4.82. The second kappa shape index (κ2) is 6.06. The first-order valence-corrected chi connectivity index (χ1v) is 9.18. The van der Waals surface area contributed by atoms with E-state index in [1.165, 1.54) is 12.1 Å². The smallest absolute Gasteiger partial charge is 0.207 e. The maximum atomic E-state index is 13.1. The Morgan fingerprint density at radius 1 is 1.04 bits per heavy atom. The van der Waals surface area contributed by atoms with E-state index in [-0.39, 0.29) is 11.9 Å². The van der Waals surface area contributed by atoms with E-state index in [2.05, 4.69) is 0 Å². The van der Waals surface area contributed by atoms with Gasteiger partial charge >= 0.3 is 0 Å². The first kappa shape index (κ1) is 16.1. The Hall–Kier alpha value is -1.72. The van der Waals surface area contributed by atoms with Crippen molar-refractivity contribution in [2.24, 2.45) is 0 Å². The van der Waals surface area contributed by atoms with Gasteiger partial charge in [-0.25, -0.2) is 12.8 Å². The molecule has 0 unspecified atom stereocenters. The summed E-state index contributed by atoms with van der Waals surface area (Å²) in [6.45, 7) is 4.37. The van der Waals surface area contributed by atoms with Crippen LogP contribution in [-0.2, 0) is 10.0 Å². The van der Waals surface area contributed by atoms with Crippen LogP contribution in [0.3, 0.4) is 0 Å². The maximum Gasteiger partial charge on any atom is 0.243 e. The van der Waals surface area contributed by atoms with E-state index in [1.54, 1.807) is 28.6 Å². The van der Waals surface area contributed by atoms with Gasteiger partial charge in [0, 0.05) is 6.54 Å². The first-order chi connectivity index (χ1) is 10.9. The standard InChI is InChI=1S/C18H20FNO2S/c1-13-5-10-17(12-14(13)2)23(21,22)20-11-3-4-18(20)15-6-8-16(19)9-7-15/h5-10,12,18H,3-4,11H2,1-2H3/t18-/m0/s1. The fraction of sp³-hybridized carbons (Fsp3) is 0.333. The Morgan fingerprint density at radius 2 is 1.74 bits per heavy atom. The highest BCUT2D eigenvalue weighted by atomic mass is 32.2. The molecule has 0 bridgehead atoms. The van der Waals surface area contributed by atoms with Crippen molar-refractivity contribution in [2.75, 3.05) is 6.54 Å². The third kappa shape index (κ3) is 3.03. The van der Waals surface area contributed by atoms with Gasteiger partial charge in [0.2, 0.25) is 10.0 Å². The number of benzene rings is 2. The monoisotopic (exact) mass is 333 g/mol. The van der Waals surface area contributed by atoms with E-state index < -0.39 is 10.0 Å². The third-order valence-electron chi connectivity index (χ3n) is 4.54. The molecule has 122 valence electrons. The van der Waals surface area contributed by atoms with Gasteiger partial charge in [0.1, 0.15) is 5.82 Å². The van der Waals surface area contributed by atoms with Crippen molar-refractivity contribution in [3.05, 3.63) is 65.0 Å². The van der Waals surface area contributed by atoms with Gasteiger partial charge < -0.3 is 0 Å². The van der Waals surface area contributed by atoms with Crippen LogP contribution in [0.2, 0.25) is 0 Å². The predicted octanol–water partition coefficient (Wildman–Crippen LogP) is 3.97. The van der Waals surface area contributed by atoms with Gasteiger partial charge in [-0.3, -0.25) is 0 Å². The Labute approximate surface area is 136 Å². The number of nitrogens with zero attached hydrogens (tertiary/aromatic N) is 1. The van der Waals surface area contributed by atoms with Crippen molar-refractivity contribution in [3.63, 3.8) is 0 Å². The molecule has 0 saturated carbocycles. The Morgan fingerprint density at radius 3 is 2.39 bits per heavy atom. The minimum atomic E-state index is -3.55. The number of rotatable bonds is 3. The van der Waals surface area contributed by atoms with Crippen LogP contribution in [0.1, 0.15) is 35.6 Å². The molecule has 5 heteroatoms. The number of hydrogen-bond acceptors (Lipinski definition) is 2. The zero-order chi connectivity index (χ0) is 16.6. The van der Waals surface area contributed by atoms with E-state index >= 15 is 0 Å². The van der Waals surface area contributed by atoms with Gasteiger partial charge in [0.15, 0.2) is 0 Å². The normalized spacial score (nSPS) is 19.2. The second-order valence-electron chi connectivity index (χ2n) is 6.07. The Bertz CT molecular complexity index is 815. The molecule has 3 nitrogen and oxygen atoms in total. The Kier molecular flexibility index (Phi) is 4.25. The molecule has 0 amide bonds. The topological polar surface area (TPSA) is 37.4 Å². The summed E-state index contributed by atoms with van der Waals surface area (Å²) in [7, 11) is -3.55. The SMILES string of the molecule is Cc1ccc(S(=O)(=O)N2CCC[C@H]2c2ccc(F)cc2)cc1C. The van der Waals surface area contributed by atoms with Crippen LogP contribution >= 0.6 is 0 Å². The summed E-state index contributed by atoms with van der Waals surface area (Å²) in [6, 6.07) is 11.1. The van der Waals surface area contributed by atoms with Gasteiger partial charge in [0.25, 0.3) is 0 Å². The molecule has 2 aromatic rings. The van der Waals surface area contributed by atoms with E-state index in [4.69, 9.17) is 0 Å². The third-order valence-corrected chi connectivity index (χ3v) is 6.45. The van der Waals surface area contributed by atoms with Crippen LogP contribution in [0, 0.1) is 19.7 Å². The van der Waals surface area contributed by atoms with Crippen LogP contribution in [0.25, 0.3) is 0 Å². The van der Waals surface area contributed by atoms with Crippen molar-refractivity contribution in [3.8, 4) is 0 Å². The van der Waals surface area contributed by atoms with Crippen molar-refractivity contribution >= 4 is 10.0 Å². The lowest BCUT2D eigenvalue weighted by Crippen LogP contribution is -2.30. The molecule has 0 spiro atoms. The van der Waals surface area contributed by atoms with Gasteiger partial charge in [-0.15, -0.1) is 0 Å². The quantitative estimate of drug-likeness (QED) is 0.852. The molecule has 1 aliphatic rings. The summed E-state index contributed by atoms with van der Waals surface area (Å²) >= 11 is 0. The van der Waals surface area contributed by atoms with Crippen LogP contribution in [0.15, 0.2) is 47.4 Å². The second-order valence-corrected chi connectivity index (χ2v) is 7.96. The van der Waals surface area contributed by atoms with Crippen molar-refractivity contribution in [2.45, 2.75) is 37.6 Å². The summed E-state index contributed by atoms with van der Waals surface area (Å²) in [5.41, 5.74) is 2.88. The van der Waals surface area contributed by atoms with Crippen LogP contribution in [-0.4, -0.2) is 19.3 Å². The predicted molar refractivity (Wildman–Crippen MR) is 88.2 cm³/mol. The molecule has 0 radical (unpaired) electrons. The summed E-state index contributed by atoms with van der Waals surface area (Å²) in [4.78, 5) is 0.328. The van der Waals surface area contributed by atoms with Gasteiger partial charge in [-0.1, -0.05) is 18.2 Å². The fourth-order valence-electron chi connectivity index (χ4n) is 3.06. The molecule has 1 saturated heterocycles. The highest BCUT2D eigenvalue weighted by Gasteiger charge is 2.36. The Balaban J connectivity index is 1.97. The molecule has 0 aliphatic carbocycles. The van der Waals surface area contributed by atoms with E-state index in [9.17, 15) is 12.8 Å². The molecule has 3 rings (SSSR count). The molecule has 0 aromatic heterocycles. The molecular formula is C18H20FNO2S. The first-order valence-electron chi connectivity index (χ1n) is 7.74. The zero-order valence-corrected chi connectivity index (χ0v) is 14.1. The largest absolute Gasteiger partial charge is 0.243 e. The summed E-state index contributed by atoms with van der Waals surface area (Å²) < 4.78 is 40.7. The summed E-state index contributed by atoms with van der Waals surface area (Å²) in [6.07, 6.45) is 1.57. The average molecular weight is 333 g/mol. The lowest BCUT2D eigenvalue weighted by atomic mass is 10.1. The zero-order valence-electron chi connectivity index (χ0n) is 13.3. The van der Waals surface area contributed by atoms with Gasteiger partial charge in [-0.2, -0.15) is 4.31 Å². The lowest BCUT2D eigenvalue weighted by molar-refractivity contribution is 0.396. The van der Waals surface area contributed by atoms with Crippen molar-refractivity contribution < 1.29 is 12.8 Å². The van der Waals surface area contributed by atoms with Crippen molar-refractivity contribution in [1.82, 2.24) is 4.31 Å². The van der Waals surface area contributed by atoms with Crippen molar-refractivity contribution in [1.29, 1.82) is 0 Å². The number of hydrogen-bond donors (Lipinski definition) is 0. The molecule has 2 aromatic carbocycles. The minimum Gasteiger partial charge on any atom is -0.207 e. The molecule has 1 aliphatic heterocycles. The molecule has 23 heavy (non-hydrogen) atoms. The molecule has 0 N–H and O–H groups in total. The molecular weight excluding hydrogens is 313 g/mol. The number of aryl methyl sites for hydroxylation is 2. The minimum absolute atomic E-state index is 0.220. The molecule has 1 heterocycles. The van der Waals surface area contributed by atoms with Crippen LogP contribution < -0.4 is 0 Å². The maximum absolute atomic E-state index is 13.1. The van der Waals surface area contributed by atoms with Crippen LogP contribution in [0.5, 0.6) is 0 Å². The van der Waals surface area contributed by atoms with Gasteiger partial charge in [0.05, 0.1) is 10.9 Å².